The summed E-state index contributed by atoms with van der Waals surface area (Å²) >= 11 is 13.1. The summed E-state index contributed by atoms with van der Waals surface area (Å²) in [5.74, 6) is 0.839. The maximum absolute atomic E-state index is 6.21. The zero-order chi connectivity index (χ0) is 13.2. The first-order valence-electron chi connectivity index (χ1n) is 5.65. The Labute approximate surface area is 133 Å². The van der Waals surface area contributed by atoms with Crippen LogP contribution in [0.4, 0.5) is 0 Å². The van der Waals surface area contributed by atoms with Gasteiger partial charge in [-0.05, 0) is 29.8 Å². The number of hydrogen-bond donors (Lipinski definition) is 0. The van der Waals surface area contributed by atoms with Gasteiger partial charge in [0.15, 0.2) is 4.34 Å². The molecule has 0 aliphatic heterocycles. The number of thiazole rings is 1. The summed E-state index contributed by atoms with van der Waals surface area (Å²) in [6, 6.07) is 14.2. The van der Waals surface area contributed by atoms with Gasteiger partial charge in [0.25, 0.3) is 0 Å². The minimum Gasteiger partial charge on any atom is -0.230 e. The average Bonchev–Trinajstić information content (AvgIpc) is 2.80. The molecule has 0 saturated carbocycles. The summed E-state index contributed by atoms with van der Waals surface area (Å²) in [6.45, 7) is 0. The van der Waals surface area contributed by atoms with Gasteiger partial charge in [0.2, 0.25) is 0 Å². The first-order valence-corrected chi connectivity index (χ1v) is 8.62. The molecule has 96 valence electrons. The van der Waals surface area contributed by atoms with Crippen molar-refractivity contribution in [2.75, 3.05) is 0 Å². The average molecular weight is 371 g/mol. The fourth-order valence-electron chi connectivity index (χ4n) is 1.69. The van der Waals surface area contributed by atoms with Crippen LogP contribution in [0, 0.1) is 0 Å². The zero-order valence-electron chi connectivity index (χ0n) is 9.77. The lowest BCUT2D eigenvalue weighted by atomic mass is 10.2. The number of halogens is 2. The third kappa shape index (κ3) is 3.14. The second-order valence-corrected chi connectivity index (χ2v) is 7.55. The van der Waals surface area contributed by atoms with Gasteiger partial charge in [0.1, 0.15) is 0 Å². The van der Waals surface area contributed by atoms with Crippen LogP contribution in [-0.4, -0.2) is 4.98 Å². The van der Waals surface area contributed by atoms with Gasteiger partial charge in [0, 0.05) is 15.2 Å². The predicted octanol–water partition coefficient (Wildman–Crippen LogP) is 6.00. The molecule has 5 heteroatoms. The van der Waals surface area contributed by atoms with Crippen LogP contribution in [0.25, 0.3) is 10.2 Å². The van der Waals surface area contributed by atoms with E-state index in [4.69, 9.17) is 11.6 Å². The Morgan fingerprint density at radius 1 is 1.21 bits per heavy atom. The van der Waals surface area contributed by atoms with E-state index in [1.165, 1.54) is 4.70 Å². The van der Waals surface area contributed by atoms with Crippen molar-refractivity contribution in [3.05, 3.63) is 57.5 Å². The van der Waals surface area contributed by atoms with E-state index < -0.39 is 0 Å². The van der Waals surface area contributed by atoms with Gasteiger partial charge in [-0.25, -0.2) is 4.98 Å². The Balaban J connectivity index is 1.78. The lowest BCUT2D eigenvalue weighted by Crippen LogP contribution is -1.82. The third-order valence-corrected chi connectivity index (χ3v) is 5.71. The van der Waals surface area contributed by atoms with Crippen molar-refractivity contribution >= 4 is 60.8 Å². The monoisotopic (exact) mass is 369 g/mol. The Bertz CT molecular complexity index is 693. The molecule has 0 spiro atoms. The summed E-state index contributed by atoms with van der Waals surface area (Å²) in [4.78, 5) is 4.60. The van der Waals surface area contributed by atoms with Crippen molar-refractivity contribution in [1.82, 2.24) is 4.98 Å². The molecule has 1 heterocycles. The van der Waals surface area contributed by atoms with Gasteiger partial charge in [0.05, 0.1) is 10.2 Å². The van der Waals surface area contributed by atoms with Gasteiger partial charge < -0.3 is 0 Å². The van der Waals surface area contributed by atoms with Gasteiger partial charge in [-0.3, -0.25) is 0 Å². The fourth-order valence-corrected chi connectivity index (χ4v) is 4.58. The van der Waals surface area contributed by atoms with E-state index in [1.807, 2.05) is 36.4 Å². The normalized spacial score (nSPS) is 11.1. The molecule has 2 aromatic carbocycles. The lowest BCUT2D eigenvalue weighted by molar-refractivity contribution is 1.29. The van der Waals surface area contributed by atoms with E-state index in [0.717, 1.165) is 30.7 Å². The quantitative estimate of drug-likeness (QED) is 0.524. The van der Waals surface area contributed by atoms with Crippen molar-refractivity contribution in [1.29, 1.82) is 0 Å². The Hall–Kier alpha value is -0.550. The number of fused-ring (bicyclic) bond motifs is 1. The topological polar surface area (TPSA) is 12.9 Å². The summed E-state index contributed by atoms with van der Waals surface area (Å²) in [5.41, 5.74) is 2.20. The largest absolute Gasteiger partial charge is 0.230 e. The molecule has 0 radical (unpaired) electrons. The molecule has 3 aromatic rings. The SMILES string of the molecule is Clc1cc(Br)ccc1CSc1nc2ccccc2s1. The maximum atomic E-state index is 6.21. The van der Waals surface area contributed by atoms with Crippen LogP contribution < -0.4 is 0 Å². The van der Waals surface area contributed by atoms with Crippen LogP contribution in [0.3, 0.4) is 0 Å². The van der Waals surface area contributed by atoms with Crippen LogP contribution in [0.1, 0.15) is 5.56 Å². The number of hydrogen-bond acceptors (Lipinski definition) is 3. The molecular weight excluding hydrogens is 362 g/mol. The van der Waals surface area contributed by atoms with Crippen LogP contribution in [0.2, 0.25) is 5.02 Å². The van der Waals surface area contributed by atoms with Crippen molar-refractivity contribution in [2.24, 2.45) is 0 Å². The first-order chi connectivity index (χ1) is 9.22. The van der Waals surface area contributed by atoms with E-state index in [0.29, 0.717) is 0 Å². The standard InChI is InChI=1S/C14H9BrClNS2/c15-10-6-5-9(11(16)7-10)8-18-14-17-12-3-1-2-4-13(12)19-14/h1-7H,8H2. The first kappa shape index (κ1) is 13.4. The molecule has 0 N–H and O–H groups in total. The number of benzene rings is 2. The molecule has 19 heavy (non-hydrogen) atoms. The van der Waals surface area contributed by atoms with Gasteiger partial charge in [-0.1, -0.05) is 57.5 Å². The molecule has 1 aromatic heterocycles. The second-order valence-electron chi connectivity index (χ2n) is 3.97. The molecule has 3 rings (SSSR count). The van der Waals surface area contributed by atoms with E-state index in [2.05, 4.69) is 27.0 Å². The van der Waals surface area contributed by atoms with Crippen molar-refractivity contribution < 1.29 is 0 Å². The molecule has 0 unspecified atom stereocenters. The van der Waals surface area contributed by atoms with Crippen molar-refractivity contribution in [3.63, 3.8) is 0 Å². The fraction of sp³-hybridized carbons (Fsp3) is 0.0714. The molecule has 0 aliphatic carbocycles. The number of aromatic nitrogens is 1. The molecule has 0 saturated heterocycles. The Morgan fingerprint density at radius 2 is 2.05 bits per heavy atom. The highest BCUT2D eigenvalue weighted by molar-refractivity contribution is 9.10. The molecule has 0 amide bonds. The van der Waals surface area contributed by atoms with Crippen LogP contribution in [-0.2, 0) is 5.75 Å². The summed E-state index contributed by atoms with van der Waals surface area (Å²) < 4.78 is 3.32. The lowest BCUT2D eigenvalue weighted by Gasteiger charge is -2.02. The minimum absolute atomic E-state index is 0.794. The molecule has 0 bridgehead atoms. The number of rotatable bonds is 3. The summed E-state index contributed by atoms with van der Waals surface area (Å²) in [7, 11) is 0. The van der Waals surface area contributed by atoms with Crippen LogP contribution in [0.15, 0.2) is 51.3 Å². The number of para-hydroxylation sites is 1. The highest BCUT2D eigenvalue weighted by Crippen LogP contribution is 2.33. The Morgan fingerprint density at radius 3 is 2.84 bits per heavy atom. The van der Waals surface area contributed by atoms with E-state index >= 15 is 0 Å². The maximum Gasteiger partial charge on any atom is 0.151 e. The van der Waals surface area contributed by atoms with Crippen LogP contribution >= 0.6 is 50.6 Å². The van der Waals surface area contributed by atoms with E-state index in [9.17, 15) is 0 Å². The van der Waals surface area contributed by atoms with Gasteiger partial charge in [-0.2, -0.15) is 0 Å². The zero-order valence-corrected chi connectivity index (χ0v) is 13.7. The third-order valence-electron chi connectivity index (χ3n) is 2.64. The molecular formula is C14H9BrClNS2. The van der Waals surface area contributed by atoms with Gasteiger partial charge in [-0.15, -0.1) is 11.3 Å². The molecule has 0 aliphatic rings. The highest BCUT2D eigenvalue weighted by atomic mass is 79.9. The summed E-state index contributed by atoms with van der Waals surface area (Å²) in [6.07, 6.45) is 0. The van der Waals surface area contributed by atoms with E-state index in [1.54, 1.807) is 23.1 Å². The van der Waals surface area contributed by atoms with Crippen molar-refractivity contribution in [3.8, 4) is 0 Å². The van der Waals surface area contributed by atoms with E-state index in [-0.39, 0.29) is 0 Å². The van der Waals surface area contributed by atoms with Crippen molar-refractivity contribution in [2.45, 2.75) is 10.1 Å². The number of thioether (sulfide) groups is 1. The summed E-state index contributed by atoms with van der Waals surface area (Å²) in [5, 5.41) is 0.794. The Kier molecular flexibility index (Phi) is 4.12. The van der Waals surface area contributed by atoms with Gasteiger partial charge >= 0.3 is 0 Å². The number of nitrogens with zero attached hydrogens (tertiary/aromatic N) is 1. The molecule has 0 fully saturated rings. The second kappa shape index (κ2) is 5.83. The van der Waals surface area contributed by atoms with Crippen LogP contribution in [0.5, 0.6) is 0 Å². The molecule has 0 atom stereocenters. The predicted molar refractivity (Wildman–Crippen MR) is 88.3 cm³/mol. The molecule has 1 nitrogen and oxygen atoms in total. The highest BCUT2D eigenvalue weighted by Gasteiger charge is 2.06. The smallest absolute Gasteiger partial charge is 0.151 e. The minimum atomic E-state index is 0.794.